The van der Waals surface area contributed by atoms with Crippen molar-refractivity contribution in [1.82, 2.24) is 0 Å². The molecule has 0 amide bonds. The number of rotatable bonds is 5. The molecular weight excluding hydrogens is 206 g/mol. The molecule has 3 heteroatoms. The Morgan fingerprint density at radius 3 is 2.73 bits per heavy atom. The second-order valence-corrected chi connectivity index (χ2v) is 5.15. The van der Waals surface area contributed by atoms with Crippen LogP contribution >= 0.6 is 11.8 Å². The SMILES string of the molecule is CSc1cccc(OCCC(C)(C)N)c1. The van der Waals surface area contributed by atoms with Crippen LogP contribution in [-0.4, -0.2) is 18.4 Å². The van der Waals surface area contributed by atoms with Crippen LogP contribution in [0.1, 0.15) is 20.3 Å². The largest absolute Gasteiger partial charge is 0.493 e. The van der Waals surface area contributed by atoms with Crippen molar-refractivity contribution in [3.63, 3.8) is 0 Å². The molecule has 0 atom stereocenters. The molecule has 0 aliphatic carbocycles. The normalized spacial score (nSPS) is 11.5. The minimum absolute atomic E-state index is 0.156. The van der Waals surface area contributed by atoms with Crippen LogP contribution in [0.3, 0.4) is 0 Å². The van der Waals surface area contributed by atoms with Gasteiger partial charge >= 0.3 is 0 Å². The molecule has 15 heavy (non-hydrogen) atoms. The highest BCUT2D eigenvalue weighted by molar-refractivity contribution is 7.98. The van der Waals surface area contributed by atoms with Gasteiger partial charge in [0.25, 0.3) is 0 Å². The van der Waals surface area contributed by atoms with Gasteiger partial charge in [-0.15, -0.1) is 11.8 Å². The van der Waals surface area contributed by atoms with Gasteiger partial charge < -0.3 is 10.5 Å². The van der Waals surface area contributed by atoms with Gasteiger partial charge in [-0.25, -0.2) is 0 Å². The molecule has 84 valence electrons. The van der Waals surface area contributed by atoms with Gasteiger partial charge in [-0.2, -0.15) is 0 Å². The number of nitrogens with two attached hydrogens (primary N) is 1. The van der Waals surface area contributed by atoms with Crippen LogP contribution in [0, 0.1) is 0 Å². The van der Waals surface area contributed by atoms with Crippen molar-refractivity contribution in [2.75, 3.05) is 12.9 Å². The van der Waals surface area contributed by atoms with Crippen molar-refractivity contribution in [3.8, 4) is 5.75 Å². The predicted octanol–water partition coefficient (Wildman–Crippen LogP) is 2.91. The quantitative estimate of drug-likeness (QED) is 0.783. The Bertz CT molecular complexity index is 307. The maximum Gasteiger partial charge on any atom is 0.120 e. The first-order valence-corrected chi connectivity index (χ1v) is 6.29. The minimum atomic E-state index is -0.156. The maximum atomic E-state index is 5.87. The Labute approximate surface area is 96.2 Å². The average Bonchev–Trinajstić information content (AvgIpc) is 2.16. The monoisotopic (exact) mass is 225 g/mol. The van der Waals surface area contributed by atoms with Crippen LogP contribution < -0.4 is 10.5 Å². The Balaban J connectivity index is 2.44. The summed E-state index contributed by atoms with van der Waals surface area (Å²) in [5.74, 6) is 0.922. The van der Waals surface area contributed by atoms with Gasteiger partial charge in [-0.3, -0.25) is 0 Å². The lowest BCUT2D eigenvalue weighted by atomic mass is 10.0. The topological polar surface area (TPSA) is 35.2 Å². The second-order valence-electron chi connectivity index (χ2n) is 4.27. The summed E-state index contributed by atoms with van der Waals surface area (Å²) in [6, 6.07) is 8.11. The third kappa shape index (κ3) is 5.09. The summed E-state index contributed by atoms with van der Waals surface area (Å²) >= 11 is 1.72. The van der Waals surface area contributed by atoms with E-state index < -0.39 is 0 Å². The molecule has 0 unspecified atom stereocenters. The molecule has 0 aliphatic rings. The van der Waals surface area contributed by atoms with E-state index in [9.17, 15) is 0 Å². The number of thioether (sulfide) groups is 1. The summed E-state index contributed by atoms with van der Waals surface area (Å²) in [6.45, 7) is 4.69. The zero-order valence-corrected chi connectivity index (χ0v) is 10.4. The lowest BCUT2D eigenvalue weighted by molar-refractivity contribution is 0.273. The van der Waals surface area contributed by atoms with E-state index >= 15 is 0 Å². The Kier molecular flexibility index (Phi) is 4.48. The highest BCUT2D eigenvalue weighted by atomic mass is 32.2. The molecule has 1 aromatic rings. The Morgan fingerprint density at radius 2 is 2.13 bits per heavy atom. The first kappa shape index (κ1) is 12.4. The lowest BCUT2D eigenvalue weighted by Gasteiger charge is -2.18. The predicted molar refractivity (Wildman–Crippen MR) is 66.6 cm³/mol. The smallest absolute Gasteiger partial charge is 0.120 e. The van der Waals surface area contributed by atoms with E-state index in [0.717, 1.165) is 12.2 Å². The van der Waals surface area contributed by atoms with Gasteiger partial charge in [0.2, 0.25) is 0 Å². The first-order valence-electron chi connectivity index (χ1n) is 5.07. The van der Waals surface area contributed by atoms with Crippen LogP contribution in [0.15, 0.2) is 29.2 Å². The fourth-order valence-electron chi connectivity index (χ4n) is 1.12. The summed E-state index contributed by atoms with van der Waals surface area (Å²) in [5, 5.41) is 0. The number of ether oxygens (including phenoxy) is 1. The zero-order valence-electron chi connectivity index (χ0n) is 9.62. The number of hydrogen-bond acceptors (Lipinski definition) is 3. The molecule has 0 fully saturated rings. The van der Waals surface area contributed by atoms with Gasteiger partial charge in [0, 0.05) is 10.4 Å². The first-order chi connectivity index (χ1) is 7.01. The molecule has 0 aliphatic heterocycles. The lowest BCUT2D eigenvalue weighted by Crippen LogP contribution is -2.33. The third-order valence-corrected chi connectivity index (χ3v) is 2.78. The Hall–Kier alpha value is -0.670. The fourth-order valence-corrected chi connectivity index (χ4v) is 1.57. The summed E-state index contributed by atoms with van der Waals surface area (Å²) in [7, 11) is 0. The molecule has 2 N–H and O–H groups in total. The van der Waals surface area contributed by atoms with Crippen LogP contribution in [0.25, 0.3) is 0 Å². The highest BCUT2D eigenvalue weighted by Crippen LogP contribution is 2.21. The van der Waals surface area contributed by atoms with E-state index in [-0.39, 0.29) is 5.54 Å². The highest BCUT2D eigenvalue weighted by Gasteiger charge is 2.10. The molecule has 0 aromatic heterocycles. The average molecular weight is 225 g/mol. The van der Waals surface area contributed by atoms with Crippen LogP contribution in [-0.2, 0) is 0 Å². The van der Waals surface area contributed by atoms with E-state index in [1.165, 1.54) is 4.90 Å². The van der Waals surface area contributed by atoms with Crippen molar-refractivity contribution in [2.45, 2.75) is 30.7 Å². The zero-order chi connectivity index (χ0) is 11.3. The van der Waals surface area contributed by atoms with Crippen LogP contribution in [0.5, 0.6) is 5.75 Å². The molecule has 0 saturated carbocycles. The molecule has 0 spiro atoms. The number of benzene rings is 1. The van der Waals surface area contributed by atoms with Crippen LogP contribution in [0.4, 0.5) is 0 Å². The standard InChI is InChI=1S/C12H19NOS/c1-12(2,13)7-8-14-10-5-4-6-11(9-10)15-3/h4-6,9H,7-8,13H2,1-3H3. The summed E-state index contributed by atoms with van der Waals surface area (Å²) in [6.07, 6.45) is 2.92. The van der Waals surface area contributed by atoms with E-state index in [4.69, 9.17) is 10.5 Å². The van der Waals surface area contributed by atoms with Gasteiger partial charge in [0.1, 0.15) is 5.75 Å². The van der Waals surface area contributed by atoms with E-state index in [0.29, 0.717) is 6.61 Å². The van der Waals surface area contributed by atoms with Gasteiger partial charge in [0.05, 0.1) is 6.61 Å². The molecular formula is C12H19NOS. The van der Waals surface area contributed by atoms with Crippen molar-refractivity contribution >= 4 is 11.8 Å². The van der Waals surface area contributed by atoms with E-state index in [2.05, 4.69) is 12.3 Å². The van der Waals surface area contributed by atoms with Gasteiger partial charge in [-0.1, -0.05) is 6.07 Å². The summed E-state index contributed by atoms with van der Waals surface area (Å²) in [4.78, 5) is 1.22. The Morgan fingerprint density at radius 1 is 1.40 bits per heavy atom. The molecule has 0 saturated heterocycles. The maximum absolute atomic E-state index is 5.87. The summed E-state index contributed by atoms with van der Waals surface area (Å²) < 4.78 is 5.63. The number of hydrogen-bond donors (Lipinski definition) is 1. The fraction of sp³-hybridized carbons (Fsp3) is 0.500. The second kappa shape index (κ2) is 5.42. The molecule has 2 nitrogen and oxygen atoms in total. The minimum Gasteiger partial charge on any atom is -0.493 e. The molecule has 1 rings (SSSR count). The van der Waals surface area contributed by atoms with Crippen molar-refractivity contribution in [2.24, 2.45) is 5.73 Å². The van der Waals surface area contributed by atoms with Crippen molar-refractivity contribution in [1.29, 1.82) is 0 Å². The van der Waals surface area contributed by atoms with Gasteiger partial charge in [-0.05, 0) is 44.7 Å². The van der Waals surface area contributed by atoms with Gasteiger partial charge in [0.15, 0.2) is 0 Å². The molecule has 1 aromatic carbocycles. The van der Waals surface area contributed by atoms with E-state index in [1.807, 2.05) is 32.0 Å². The van der Waals surface area contributed by atoms with Crippen molar-refractivity contribution in [3.05, 3.63) is 24.3 Å². The van der Waals surface area contributed by atoms with Crippen molar-refractivity contribution < 1.29 is 4.74 Å². The molecule has 0 bridgehead atoms. The summed E-state index contributed by atoms with van der Waals surface area (Å²) in [5.41, 5.74) is 5.72. The third-order valence-electron chi connectivity index (χ3n) is 2.06. The van der Waals surface area contributed by atoms with E-state index in [1.54, 1.807) is 11.8 Å². The molecule has 0 radical (unpaired) electrons. The van der Waals surface area contributed by atoms with Crippen LogP contribution in [0.2, 0.25) is 0 Å². The molecule has 0 heterocycles.